The van der Waals surface area contributed by atoms with E-state index in [-0.39, 0.29) is 11.9 Å². The van der Waals surface area contributed by atoms with E-state index in [1.807, 2.05) is 37.3 Å². The molecule has 2 fully saturated rings. The number of rotatable bonds is 4. The average molecular weight is 329 g/mol. The van der Waals surface area contributed by atoms with E-state index in [9.17, 15) is 14.7 Å². The molecule has 3 aliphatic heterocycles. The zero-order valence-corrected chi connectivity index (χ0v) is 13.5. The fraction of sp³-hybridized carbons (Fsp3) is 0.444. The lowest BCUT2D eigenvalue weighted by molar-refractivity contribution is -0.148. The van der Waals surface area contributed by atoms with Crippen LogP contribution in [0.2, 0.25) is 0 Å². The van der Waals surface area contributed by atoms with Gasteiger partial charge in [0.15, 0.2) is 0 Å². The number of carbonyl (C=O) groups is 2. The van der Waals surface area contributed by atoms with Crippen LogP contribution in [0.5, 0.6) is 5.75 Å². The SMILES string of the molecule is COc1ccc(C(C)N2CC34C=C[C@@H](O3)C(C(=O)O)[C@@H]4C2=O)cc1. The van der Waals surface area contributed by atoms with Gasteiger partial charge in [0.1, 0.15) is 17.3 Å². The molecule has 2 bridgehead atoms. The van der Waals surface area contributed by atoms with E-state index in [0.29, 0.717) is 6.54 Å². The molecular formula is C18H19NO5. The number of nitrogens with zero attached hydrogens (tertiary/aromatic N) is 1. The van der Waals surface area contributed by atoms with Crippen LogP contribution in [0.25, 0.3) is 0 Å². The summed E-state index contributed by atoms with van der Waals surface area (Å²) < 4.78 is 11.1. The number of carboxylic acid groups (broad SMARTS) is 1. The minimum Gasteiger partial charge on any atom is -0.497 e. The molecule has 0 saturated carbocycles. The third kappa shape index (κ3) is 1.92. The molecule has 6 nitrogen and oxygen atoms in total. The maximum atomic E-state index is 12.9. The van der Waals surface area contributed by atoms with Crippen molar-refractivity contribution >= 4 is 11.9 Å². The van der Waals surface area contributed by atoms with Crippen molar-refractivity contribution in [2.45, 2.75) is 24.7 Å². The number of ether oxygens (including phenoxy) is 2. The van der Waals surface area contributed by atoms with E-state index in [1.54, 1.807) is 18.1 Å². The number of carbonyl (C=O) groups excluding carboxylic acids is 1. The predicted molar refractivity (Wildman–Crippen MR) is 84.5 cm³/mol. The summed E-state index contributed by atoms with van der Waals surface area (Å²) in [7, 11) is 1.61. The largest absolute Gasteiger partial charge is 0.497 e. The standard InChI is InChI=1S/C18H19NO5/c1-10(11-3-5-12(23-2)6-4-11)19-9-18-8-7-13(24-18)14(17(21)22)15(18)16(19)20/h3-8,10,13-15H,9H2,1-2H3,(H,21,22)/t10?,13-,14?,15-,18?/m1/s1. The van der Waals surface area contributed by atoms with Gasteiger partial charge in [0, 0.05) is 0 Å². The summed E-state index contributed by atoms with van der Waals surface area (Å²) in [5.41, 5.74) is 0.192. The highest BCUT2D eigenvalue weighted by atomic mass is 16.5. The highest BCUT2D eigenvalue weighted by Gasteiger charge is 2.67. The first-order valence-electron chi connectivity index (χ1n) is 8.01. The Morgan fingerprint density at radius 2 is 2.12 bits per heavy atom. The fourth-order valence-electron chi connectivity index (χ4n) is 4.20. The molecule has 5 atom stereocenters. The number of carboxylic acids is 1. The molecule has 3 aliphatic rings. The third-order valence-electron chi connectivity index (χ3n) is 5.48. The lowest BCUT2D eigenvalue weighted by atomic mass is 9.77. The Morgan fingerprint density at radius 1 is 1.42 bits per heavy atom. The quantitative estimate of drug-likeness (QED) is 0.850. The Bertz CT molecular complexity index is 727. The van der Waals surface area contributed by atoms with E-state index in [0.717, 1.165) is 11.3 Å². The zero-order valence-electron chi connectivity index (χ0n) is 13.5. The molecule has 6 heteroatoms. The van der Waals surface area contributed by atoms with Crippen molar-refractivity contribution in [3.8, 4) is 5.75 Å². The number of likely N-dealkylation sites (tertiary alicyclic amines) is 1. The molecular weight excluding hydrogens is 310 g/mol. The molecule has 0 aromatic heterocycles. The minimum absolute atomic E-state index is 0.141. The Morgan fingerprint density at radius 3 is 2.75 bits per heavy atom. The van der Waals surface area contributed by atoms with Crippen molar-refractivity contribution in [1.82, 2.24) is 4.90 Å². The molecule has 24 heavy (non-hydrogen) atoms. The van der Waals surface area contributed by atoms with Crippen LogP contribution >= 0.6 is 0 Å². The van der Waals surface area contributed by atoms with Crippen molar-refractivity contribution in [2.24, 2.45) is 11.8 Å². The normalized spacial score (nSPS) is 34.5. The van der Waals surface area contributed by atoms with Gasteiger partial charge < -0.3 is 19.5 Å². The van der Waals surface area contributed by atoms with Gasteiger partial charge in [-0.25, -0.2) is 0 Å². The summed E-state index contributed by atoms with van der Waals surface area (Å²) in [4.78, 5) is 26.3. The number of hydrogen-bond donors (Lipinski definition) is 1. The molecule has 126 valence electrons. The van der Waals surface area contributed by atoms with Gasteiger partial charge in [-0.3, -0.25) is 9.59 Å². The maximum absolute atomic E-state index is 12.9. The van der Waals surface area contributed by atoms with Gasteiger partial charge in [0.25, 0.3) is 0 Å². The molecule has 0 aliphatic carbocycles. The van der Waals surface area contributed by atoms with Gasteiger partial charge in [0.05, 0.1) is 31.7 Å². The molecule has 1 aromatic carbocycles. The first-order valence-corrected chi connectivity index (χ1v) is 8.01. The van der Waals surface area contributed by atoms with E-state index in [4.69, 9.17) is 9.47 Å². The Balaban J connectivity index is 1.63. The monoisotopic (exact) mass is 329 g/mol. The molecule has 3 heterocycles. The van der Waals surface area contributed by atoms with E-state index in [1.165, 1.54) is 0 Å². The second-order valence-electron chi connectivity index (χ2n) is 6.65. The van der Waals surface area contributed by atoms with Crippen LogP contribution in [0.3, 0.4) is 0 Å². The fourth-order valence-corrected chi connectivity index (χ4v) is 4.20. The van der Waals surface area contributed by atoms with Crippen LogP contribution in [0.4, 0.5) is 0 Å². The molecule has 4 rings (SSSR count). The van der Waals surface area contributed by atoms with Crippen molar-refractivity contribution in [2.75, 3.05) is 13.7 Å². The summed E-state index contributed by atoms with van der Waals surface area (Å²) in [5.74, 6) is -1.78. The molecule has 2 saturated heterocycles. The molecule has 1 N–H and O–H groups in total. The number of fused-ring (bicyclic) bond motifs is 1. The Labute approximate surface area is 139 Å². The van der Waals surface area contributed by atoms with Crippen LogP contribution < -0.4 is 4.74 Å². The molecule has 1 aromatic rings. The summed E-state index contributed by atoms with van der Waals surface area (Å²) in [6.45, 7) is 2.34. The van der Waals surface area contributed by atoms with E-state index < -0.39 is 29.5 Å². The molecule has 0 radical (unpaired) electrons. The van der Waals surface area contributed by atoms with E-state index in [2.05, 4.69) is 0 Å². The summed E-state index contributed by atoms with van der Waals surface area (Å²) >= 11 is 0. The lowest BCUT2D eigenvalue weighted by Gasteiger charge is -2.27. The van der Waals surface area contributed by atoms with Crippen molar-refractivity contribution in [3.63, 3.8) is 0 Å². The molecule has 1 amide bonds. The third-order valence-corrected chi connectivity index (χ3v) is 5.48. The van der Waals surface area contributed by atoms with Gasteiger partial charge in [-0.05, 0) is 24.6 Å². The minimum atomic E-state index is -0.969. The van der Waals surface area contributed by atoms with Crippen LogP contribution in [0.1, 0.15) is 18.5 Å². The zero-order chi connectivity index (χ0) is 17.1. The lowest BCUT2D eigenvalue weighted by Crippen LogP contribution is -2.39. The van der Waals surface area contributed by atoms with Gasteiger partial charge in [0.2, 0.25) is 5.91 Å². The van der Waals surface area contributed by atoms with Gasteiger partial charge in [-0.1, -0.05) is 24.3 Å². The number of methoxy groups -OCH3 is 1. The Kier molecular flexibility index (Phi) is 3.22. The predicted octanol–water partition coefficient (Wildman–Crippen LogP) is 1.62. The first-order chi connectivity index (χ1) is 11.5. The van der Waals surface area contributed by atoms with Crippen molar-refractivity contribution in [1.29, 1.82) is 0 Å². The topological polar surface area (TPSA) is 76.1 Å². The van der Waals surface area contributed by atoms with Gasteiger partial charge >= 0.3 is 5.97 Å². The van der Waals surface area contributed by atoms with Gasteiger partial charge in [-0.2, -0.15) is 0 Å². The van der Waals surface area contributed by atoms with Crippen LogP contribution in [0.15, 0.2) is 36.4 Å². The average Bonchev–Trinajstić information content (AvgIpc) is 3.22. The second-order valence-corrected chi connectivity index (χ2v) is 6.65. The van der Waals surface area contributed by atoms with Gasteiger partial charge in [-0.15, -0.1) is 0 Å². The van der Waals surface area contributed by atoms with Crippen molar-refractivity contribution < 1.29 is 24.2 Å². The summed E-state index contributed by atoms with van der Waals surface area (Å²) in [6.07, 6.45) is 3.17. The smallest absolute Gasteiger partial charge is 0.310 e. The Hall–Kier alpha value is -2.34. The number of aliphatic carboxylic acids is 1. The summed E-state index contributed by atoms with van der Waals surface area (Å²) in [5, 5.41) is 9.50. The number of amides is 1. The van der Waals surface area contributed by atoms with Crippen LogP contribution in [-0.2, 0) is 14.3 Å². The maximum Gasteiger partial charge on any atom is 0.310 e. The van der Waals surface area contributed by atoms with Crippen molar-refractivity contribution in [3.05, 3.63) is 42.0 Å². The van der Waals surface area contributed by atoms with Crippen LogP contribution in [-0.4, -0.2) is 47.2 Å². The number of hydrogen-bond acceptors (Lipinski definition) is 4. The first kappa shape index (κ1) is 15.2. The highest BCUT2D eigenvalue weighted by molar-refractivity contribution is 5.91. The second kappa shape index (κ2) is 5.08. The molecule has 3 unspecified atom stereocenters. The van der Waals surface area contributed by atoms with Crippen LogP contribution in [0, 0.1) is 11.8 Å². The van der Waals surface area contributed by atoms with E-state index >= 15 is 0 Å². The highest BCUT2D eigenvalue weighted by Crippen LogP contribution is 2.53. The number of benzene rings is 1. The summed E-state index contributed by atoms with van der Waals surface area (Å²) in [6, 6.07) is 7.39. The molecule has 1 spiro atoms.